The normalized spacial score (nSPS) is 12.3. The van der Waals surface area contributed by atoms with Crippen LogP contribution < -0.4 is 5.32 Å². The van der Waals surface area contributed by atoms with E-state index in [0.29, 0.717) is 16.9 Å². The van der Waals surface area contributed by atoms with Crippen LogP contribution in [0.2, 0.25) is 0 Å². The molecule has 1 amide bonds. The van der Waals surface area contributed by atoms with E-state index in [2.05, 4.69) is 26.2 Å². The molecule has 1 N–H and O–H groups in total. The van der Waals surface area contributed by atoms with Crippen LogP contribution in [0.25, 0.3) is 11.3 Å². The minimum absolute atomic E-state index is 0.129. The summed E-state index contributed by atoms with van der Waals surface area (Å²) in [5.41, 5.74) is 2.91. The Labute approximate surface area is 211 Å². The van der Waals surface area contributed by atoms with Crippen LogP contribution in [0.5, 0.6) is 0 Å². The van der Waals surface area contributed by atoms with Crippen molar-refractivity contribution in [3.63, 3.8) is 0 Å². The topological polar surface area (TPSA) is 81.1 Å². The fourth-order valence-corrected chi connectivity index (χ4v) is 6.07. The van der Waals surface area contributed by atoms with E-state index in [-0.39, 0.29) is 16.0 Å². The van der Waals surface area contributed by atoms with Gasteiger partial charge in [0.1, 0.15) is 0 Å². The van der Waals surface area contributed by atoms with Gasteiger partial charge in [0.15, 0.2) is 5.16 Å². The van der Waals surface area contributed by atoms with Crippen molar-refractivity contribution in [3.8, 4) is 11.3 Å². The van der Waals surface area contributed by atoms with Gasteiger partial charge in [0, 0.05) is 15.7 Å². The smallest absolute Gasteiger partial charge is 0.270 e. The summed E-state index contributed by atoms with van der Waals surface area (Å²) in [7, 11) is -3.98. The van der Waals surface area contributed by atoms with Gasteiger partial charge < -0.3 is 5.32 Å². The standard InChI is InChI=1S/C25H22BrN3O3S2/c1-17-8-12-21(13-9-17)28-24(30)18(2)33-25-27-16-23(19-6-4-3-5-7-19)29(25)34(31,32)22-14-10-20(26)11-15-22/h3-16,18H,1-2H3,(H,28,30)/t18-/m1/s1. The summed E-state index contributed by atoms with van der Waals surface area (Å²) in [6, 6.07) is 23.1. The lowest BCUT2D eigenvalue weighted by Crippen LogP contribution is -2.24. The average Bonchev–Trinajstić information content (AvgIpc) is 3.26. The van der Waals surface area contributed by atoms with E-state index in [1.165, 1.54) is 22.3 Å². The molecule has 174 valence electrons. The largest absolute Gasteiger partial charge is 0.325 e. The van der Waals surface area contributed by atoms with Crippen LogP contribution in [-0.4, -0.2) is 28.5 Å². The van der Waals surface area contributed by atoms with Gasteiger partial charge in [-0.15, -0.1) is 0 Å². The highest BCUT2D eigenvalue weighted by Gasteiger charge is 2.28. The van der Waals surface area contributed by atoms with Gasteiger partial charge >= 0.3 is 0 Å². The van der Waals surface area contributed by atoms with Crippen molar-refractivity contribution in [2.24, 2.45) is 0 Å². The zero-order valence-corrected chi connectivity index (χ0v) is 21.7. The van der Waals surface area contributed by atoms with Gasteiger partial charge in [0.2, 0.25) is 5.91 Å². The molecule has 0 saturated heterocycles. The van der Waals surface area contributed by atoms with Crippen molar-refractivity contribution in [2.75, 3.05) is 5.32 Å². The van der Waals surface area contributed by atoms with Crippen molar-refractivity contribution in [1.29, 1.82) is 0 Å². The van der Waals surface area contributed by atoms with E-state index in [0.717, 1.165) is 21.8 Å². The molecule has 0 radical (unpaired) electrons. The maximum absolute atomic E-state index is 13.7. The molecule has 0 aliphatic rings. The quantitative estimate of drug-likeness (QED) is 0.284. The molecule has 4 aromatic rings. The Kier molecular flexibility index (Phi) is 7.25. The zero-order chi connectivity index (χ0) is 24.3. The Hall–Kier alpha value is -2.88. The molecule has 0 saturated carbocycles. The number of aryl methyl sites for hydroxylation is 1. The predicted octanol–water partition coefficient (Wildman–Crippen LogP) is 5.98. The second-order valence-electron chi connectivity index (χ2n) is 7.63. The summed E-state index contributed by atoms with van der Waals surface area (Å²) in [6.07, 6.45) is 1.53. The maximum Gasteiger partial charge on any atom is 0.270 e. The molecule has 4 rings (SSSR count). The number of thioether (sulfide) groups is 1. The number of nitrogens with one attached hydrogen (secondary N) is 1. The van der Waals surface area contributed by atoms with E-state index in [1.54, 1.807) is 19.1 Å². The lowest BCUT2D eigenvalue weighted by Gasteiger charge is -2.15. The van der Waals surface area contributed by atoms with Crippen LogP contribution in [0, 0.1) is 6.92 Å². The van der Waals surface area contributed by atoms with Gasteiger partial charge in [0.25, 0.3) is 10.0 Å². The third kappa shape index (κ3) is 5.27. The van der Waals surface area contributed by atoms with E-state index < -0.39 is 15.3 Å². The summed E-state index contributed by atoms with van der Waals surface area (Å²) in [4.78, 5) is 17.4. The van der Waals surface area contributed by atoms with E-state index >= 15 is 0 Å². The number of hydrogen-bond donors (Lipinski definition) is 1. The summed E-state index contributed by atoms with van der Waals surface area (Å²) in [5.74, 6) is -0.245. The van der Waals surface area contributed by atoms with E-state index in [1.807, 2.05) is 61.5 Å². The molecule has 1 atom stereocenters. The second kappa shape index (κ2) is 10.2. The maximum atomic E-state index is 13.7. The first-order valence-electron chi connectivity index (χ1n) is 10.4. The van der Waals surface area contributed by atoms with Crippen LogP contribution in [-0.2, 0) is 14.8 Å². The zero-order valence-electron chi connectivity index (χ0n) is 18.5. The summed E-state index contributed by atoms with van der Waals surface area (Å²) in [5, 5.41) is 2.50. The molecule has 6 nitrogen and oxygen atoms in total. The Morgan fingerprint density at radius 3 is 2.29 bits per heavy atom. The third-order valence-corrected chi connectivity index (χ3v) is 8.51. The number of nitrogens with zero attached hydrogens (tertiary/aromatic N) is 2. The van der Waals surface area contributed by atoms with Crippen molar-refractivity contribution in [3.05, 3.63) is 95.1 Å². The van der Waals surface area contributed by atoms with Gasteiger partial charge in [0.05, 0.1) is 22.0 Å². The highest BCUT2D eigenvalue weighted by Crippen LogP contribution is 2.33. The molecule has 0 unspecified atom stereocenters. The molecule has 0 aliphatic carbocycles. The molecule has 0 aliphatic heterocycles. The first kappa shape index (κ1) is 24.3. The fourth-order valence-electron chi connectivity index (χ4n) is 3.24. The number of carbonyl (C=O) groups excluding carboxylic acids is 1. The molecule has 3 aromatic carbocycles. The number of amides is 1. The van der Waals surface area contributed by atoms with Gasteiger partial charge in [-0.2, -0.15) is 0 Å². The Morgan fingerprint density at radius 1 is 1.00 bits per heavy atom. The summed E-state index contributed by atoms with van der Waals surface area (Å²) in [6.45, 7) is 3.70. The summed E-state index contributed by atoms with van der Waals surface area (Å²) < 4.78 is 29.4. The number of halogens is 1. The third-order valence-electron chi connectivity index (χ3n) is 5.08. The molecule has 0 fully saturated rings. The Morgan fingerprint density at radius 2 is 1.65 bits per heavy atom. The number of rotatable bonds is 7. The van der Waals surface area contributed by atoms with Gasteiger partial charge in [-0.05, 0) is 50.2 Å². The summed E-state index contributed by atoms with van der Waals surface area (Å²) >= 11 is 4.44. The van der Waals surface area contributed by atoms with Crippen LogP contribution in [0.4, 0.5) is 5.69 Å². The highest BCUT2D eigenvalue weighted by molar-refractivity contribution is 9.10. The lowest BCUT2D eigenvalue weighted by atomic mass is 10.2. The second-order valence-corrected chi connectivity index (χ2v) is 11.6. The number of carbonyl (C=O) groups is 1. The van der Waals surface area contributed by atoms with Crippen LogP contribution in [0.1, 0.15) is 12.5 Å². The van der Waals surface area contributed by atoms with E-state index in [4.69, 9.17) is 0 Å². The number of benzene rings is 3. The number of anilines is 1. The molecule has 0 spiro atoms. The number of imidazole rings is 1. The first-order chi connectivity index (χ1) is 16.3. The van der Waals surface area contributed by atoms with Crippen molar-refractivity contribution < 1.29 is 13.2 Å². The number of hydrogen-bond acceptors (Lipinski definition) is 5. The lowest BCUT2D eigenvalue weighted by molar-refractivity contribution is -0.115. The Balaban J connectivity index is 1.70. The molecular weight excluding hydrogens is 534 g/mol. The monoisotopic (exact) mass is 555 g/mol. The molecule has 1 aromatic heterocycles. The SMILES string of the molecule is Cc1ccc(NC(=O)[C@@H](C)Sc2ncc(-c3ccccc3)n2S(=O)(=O)c2ccc(Br)cc2)cc1. The van der Waals surface area contributed by atoms with Crippen molar-refractivity contribution in [1.82, 2.24) is 8.96 Å². The van der Waals surface area contributed by atoms with Gasteiger partial charge in [-0.1, -0.05) is 75.7 Å². The first-order valence-corrected chi connectivity index (χ1v) is 13.6. The van der Waals surface area contributed by atoms with Crippen LogP contribution in [0.3, 0.4) is 0 Å². The van der Waals surface area contributed by atoms with Gasteiger partial charge in [-0.3, -0.25) is 4.79 Å². The molecule has 1 heterocycles. The molecule has 9 heteroatoms. The highest BCUT2D eigenvalue weighted by atomic mass is 79.9. The molecule has 34 heavy (non-hydrogen) atoms. The molecular formula is C25H22BrN3O3S2. The van der Waals surface area contributed by atoms with Crippen LogP contribution >= 0.6 is 27.7 Å². The van der Waals surface area contributed by atoms with E-state index in [9.17, 15) is 13.2 Å². The minimum atomic E-state index is -3.98. The fraction of sp³-hybridized carbons (Fsp3) is 0.120. The van der Waals surface area contributed by atoms with Crippen molar-refractivity contribution >= 4 is 49.3 Å². The average molecular weight is 557 g/mol. The molecule has 0 bridgehead atoms. The minimum Gasteiger partial charge on any atom is -0.325 e. The van der Waals surface area contributed by atoms with Gasteiger partial charge in [-0.25, -0.2) is 17.4 Å². The predicted molar refractivity (Wildman–Crippen MR) is 140 cm³/mol. The Bertz CT molecular complexity index is 1400. The van der Waals surface area contributed by atoms with Crippen LogP contribution in [0.15, 0.2) is 99.6 Å². The van der Waals surface area contributed by atoms with Crippen molar-refractivity contribution in [2.45, 2.75) is 29.1 Å². The number of aromatic nitrogens is 2.